The Morgan fingerprint density at radius 1 is 1.30 bits per heavy atom. The molecular weight excluding hydrogens is 381 g/mol. The number of fused-ring (bicyclic) bond motifs is 1. The number of aromatic nitrogens is 2. The molecule has 1 aliphatic heterocycles. The lowest BCUT2D eigenvalue weighted by molar-refractivity contribution is -0.274. The molecule has 0 amide bonds. The summed E-state index contributed by atoms with van der Waals surface area (Å²) in [7, 11) is 0. The molecule has 0 saturated carbocycles. The highest BCUT2D eigenvalue weighted by Gasteiger charge is 2.38. The molecule has 0 radical (unpaired) electrons. The average molecular weight is 393 g/mol. The van der Waals surface area contributed by atoms with Crippen LogP contribution in [-0.2, 0) is 6.54 Å². The Balaban J connectivity index is 1.59. The van der Waals surface area contributed by atoms with Gasteiger partial charge in [0.15, 0.2) is 5.60 Å². The summed E-state index contributed by atoms with van der Waals surface area (Å²) in [4.78, 5) is 4.11. The second-order valence-corrected chi connectivity index (χ2v) is 6.12. The summed E-state index contributed by atoms with van der Waals surface area (Å²) in [6.45, 7) is 2.65. The fraction of sp³-hybridized carbons (Fsp3) is 0.357. The van der Waals surface area contributed by atoms with Gasteiger partial charge >= 0.3 is 6.36 Å². The molecule has 0 fully saturated rings. The minimum Gasteiger partial charge on any atom is -0.489 e. The minimum atomic E-state index is -4.71. The third-order valence-corrected chi connectivity index (χ3v) is 3.83. The summed E-state index contributed by atoms with van der Waals surface area (Å²) in [6.07, 6.45) is -3.06. The number of imidazole rings is 1. The van der Waals surface area contributed by atoms with E-state index in [1.165, 1.54) is 24.3 Å². The van der Waals surface area contributed by atoms with Gasteiger partial charge in [0.25, 0.3) is 6.01 Å². The second kappa shape index (κ2) is 5.63. The third-order valence-electron chi connectivity index (χ3n) is 3.20. The van der Waals surface area contributed by atoms with Crippen LogP contribution in [0.1, 0.15) is 6.92 Å². The van der Waals surface area contributed by atoms with Crippen LogP contribution in [0.4, 0.5) is 13.2 Å². The van der Waals surface area contributed by atoms with Crippen molar-refractivity contribution >= 4 is 15.9 Å². The summed E-state index contributed by atoms with van der Waals surface area (Å²) >= 11 is 3.37. The number of alkyl halides is 3. The third kappa shape index (κ3) is 3.72. The zero-order chi connectivity index (χ0) is 16.7. The summed E-state index contributed by atoms with van der Waals surface area (Å²) in [6, 6.07) is 5.71. The van der Waals surface area contributed by atoms with Gasteiger partial charge in [-0.25, -0.2) is 4.98 Å². The molecule has 0 N–H and O–H groups in total. The van der Waals surface area contributed by atoms with Gasteiger partial charge in [0.1, 0.15) is 22.7 Å². The van der Waals surface area contributed by atoms with Gasteiger partial charge in [-0.15, -0.1) is 13.2 Å². The predicted octanol–water partition coefficient (Wildman–Crippen LogP) is 3.77. The molecule has 0 aliphatic carbocycles. The first-order valence-electron chi connectivity index (χ1n) is 6.63. The lowest BCUT2D eigenvalue weighted by Crippen LogP contribution is -2.38. The zero-order valence-electron chi connectivity index (χ0n) is 11.9. The van der Waals surface area contributed by atoms with Crippen LogP contribution in [0.15, 0.2) is 35.1 Å². The molecule has 9 heteroatoms. The maximum atomic E-state index is 12.1. The maximum absolute atomic E-state index is 12.1. The fourth-order valence-electron chi connectivity index (χ4n) is 2.20. The van der Waals surface area contributed by atoms with Crippen molar-refractivity contribution in [2.75, 3.05) is 6.61 Å². The van der Waals surface area contributed by atoms with Crippen molar-refractivity contribution in [2.45, 2.75) is 25.4 Å². The van der Waals surface area contributed by atoms with Gasteiger partial charge in [-0.2, -0.15) is 0 Å². The quantitative estimate of drug-likeness (QED) is 0.794. The van der Waals surface area contributed by atoms with E-state index in [0.717, 1.165) is 4.60 Å². The van der Waals surface area contributed by atoms with Crippen molar-refractivity contribution < 1.29 is 27.4 Å². The Morgan fingerprint density at radius 2 is 1.96 bits per heavy atom. The smallest absolute Gasteiger partial charge is 0.489 e. The van der Waals surface area contributed by atoms with Crippen LogP contribution in [0.3, 0.4) is 0 Å². The van der Waals surface area contributed by atoms with Crippen molar-refractivity contribution in [1.29, 1.82) is 0 Å². The molecule has 5 nitrogen and oxygen atoms in total. The van der Waals surface area contributed by atoms with Crippen LogP contribution in [0.25, 0.3) is 0 Å². The first-order chi connectivity index (χ1) is 10.7. The molecule has 1 unspecified atom stereocenters. The van der Waals surface area contributed by atoms with Crippen LogP contribution >= 0.6 is 15.9 Å². The molecule has 1 atom stereocenters. The van der Waals surface area contributed by atoms with E-state index in [9.17, 15) is 13.2 Å². The molecule has 2 aromatic rings. The van der Waals surface area contributed by atoms with Crippen molar-refractivity contribution in [3.63, 3.8) is 0 Å². The summed E-state index contributed by atoms with van der Waals surface area (Å²) in [5.41, 5.74) is -0.604. The first-order valence-corrected chi connectivity index (χ1v) is 7.42. The maximum Gasteiger partial charge on any atom is 0.573 e. The Bertz CT molecular complexity index is 702. The van der Waals surface area contributed by atoms with Crippen molar-refractivity contribution in [3.8, 4) is 17.5 Å². The van der Waals surface area contributed by atoms with E-state index >= 15 is 0 Å². The van der Waals surface area contributed by atoms with Crippen molar-refractivity contribution in [3.05, 3.63) is 35.1 Å². The molecule has 3 rings (SSSR count). The summed E-state index contributed by atoms with van der Waals surface area (Å²) in [5, 5.41) is 0. The number of nitrogens with zero attached hydrogens (tertiary/aromatic N) is 2. The highest BCUT2D eigenvalue weighted by atomic mass is 79.9. The summed E-state index contributed by atoms with van der Waals surface area (Å²) < 4.78 is 54.1. The molecule has 0 spiro atoms. The number of ether oxygens (including phenoxy) is 3. The van der Waals surface area contributed by atoms with Gasteiger partial charge in [-0.3, -0.25) is 4.57 Å². The van der Waals surface area contributed by atoms with Crippen LogP contribution in [0.5, 0.6) is 17.5 Å². The van der Waals surface area contributed by atoms with E-state index in [-0.39, 0.29) is 12.4 Å². The second-order valence-electron chi connectivity index (χ2n) is 5.31. The van der Waals surface area contributed by atoms with Crippen LogP contribution in [-0.4, -0.2) is 28.1 Å². The van der Waals surface area contributed by atoms with E-state index in [0.29, 0.717) is 18.3 Å². The number of halogens is 4. The van der Waals surface area contributed by atoms with Gasteiger partial charge in [0, 0.05) is 0 Å². The largest absolute Gasteiger partial charge is 0.573 e. The molecule has 23 heavy (non-hydrogen) atoms. The molecule has 0 saturated heterocycles. The minimum absolute atomic E-state index is 0.224. The Kier molecular flexibility index (Phi) is 3.91. The molecule has 1 aromatic carbocycles. The standard InChI is InChI=1S/C14H12BrF3N2O3/c1-13(7-20-11(15)6-19-12(20)23-13)8-21-9-2-4-10(5-3-9)22-14(16,17)18/h2-6H,7-8H2,1H3. The van der Waals surface area contributed by atoms with Crippen molar-refractivity contribution in [2.24, 2.45) is 0 Å². The number of hydrogen-bond acceptors (Lipinski definition) is 4. The highest BCUT2D eigenvalue weighted by Crippen LogP contribution is 2.32. The van der Waals surface area contributed by atoms with Crippen molar-refractivity contribution in [1.82, 2.24) is 9.55 Å². The Hall–Kier alpha value is -1.90. The van der Waals surface area contributed by atoms with E-state index in [4.69, 9.17) is 9.47 Å². The van der Waals surface area contributed by atoms with E-state index in [2.05, 4.69) is 25.7 Å². The van der Waals surface area contributed by atoms with Gasteiger partial charge < -0.3 is 14.2 Å². The molecule has 2 heterocycles. The number of benzene rings is 1. The van der Waals surface area contributed by atoms with Gasteiger partial charge in [0.2, 0.25) is 0 Å². The topological polar surface area (TPSA) is 45.5 Å². The highest BCUT2D eigenvalue weighted by molar-refractivity contribution is 9.10. The molecule has 1 aromatic heterocycles. The van der Waals surface area contributed by atoms with Crippen LogP contribution < -0.4 is 14.2 Å². The molecule has 124 valence electrons. The van der Waals surface area contributed by atoms with Gasteiger partial charge in [-0.1, -0.05) is 0 Å². The monoisotopic (exact) mass is 392 g/mol. The van der Waals surface area contributed by atoms with Crippen LogP contribution in [0, 0.1) is 0 Å². The SMILES string of the molecule is CC1(COc2ccc(OC(F)(F)F)cc2)Cn2c(Br)cnc2O1. The van der Waals surface area contributed by atoms with Gasteiger partial charge in [0.05, 0.1) is 12.7 Å². The molecule has 1 aliphatic rings. The zero-order valence-corrected chi connectivity index (χ0v) is 13.5. The predicted molar refractivity (Wildman–Crippen MR) is 77.6 cm³/mol. The van der Waals surface area contributed by atoms with E-state index in [1.807, 2.05) is 11.5 Å². The lowest BCUT2D eigenvalue weighted by Gasteiger charge is -2.23. The average Bonchev–Trinajstić information content (AvgIpc) is 2.95. The first kappa shape index (κ1) is 16.0. The molecule has 0 bridgehead atoms. The number of hydrogen-bond donors (Lipinski definition) is 0. The van der Waals surface area contributed by atoms with Gasteiger partial charge in [-0.05, 0) is 47.1 Å². The molecular formula is C14H12BrF3N2O3. The number of rotatable bonds is 4. The van der Waals surface area contributed by atoms with Crippen LogP contribution in [0.2, 0.25) is 0 Å². The fourth-order valence-corrected chi connectivity index (χ4v) is 2.58. The summed E-state index contributed by atoms with van der Waals surface area (Å²) in [5.74, 6) is 0.130. The Labute approximate surface area is 138 Å². The lowest BCUT2D eigenvalue weighted by atomic mass is 10.1. The van der Waals surface area contributed by atoms with E-state index < -0.39 is 12.0 Å². The Morgan fingerprint density at radius 3 is 2.57 bits per heavy atom. The van der Waals surface area contributed by atoms with E-state index in [1.54, 1.807) is 6.20 Å². The normalized spacial score (nSPS) is 20.0.